The lowest BCUT2D eigenvalue weighted by atomic mass is 10.0. The number of esters is 2. The lowest BCUT2D eigenvalue weighted by molar-refractivity contribution is -0.870. The summed E-state index contributed by atoms with van der Waals surface area (Å²) >= 11 is 0. The number of allylic oxidation sites excluding steroid dienone is 6. The largest absolute Gasteiger partial charge is 0.756 e. The zero-order valence-electron chi connectivity index (χ0n) is 41.8. The maximum atomic E-state index is 12.8. The molecule has 0 aliphatic rings. The van der Waals surface area contributed by atoms with E-state index >= 15 is 0 Å². The summed E-state index contributed by atoms with van der Waals surface area (Å²) in [4.78, 5) is 37.8. The average molecular weight is 942 g/mol. The normalized spacial score (nSPS) is 15.3. The van der Waals surface area contributed by atoms with Gasteiger partial charge in [0.15, 0.2) is 6.10 Å². The molecule has 65 heavy (non-hydrogen) atoms. The second-order valence-electron chi connectivity index (χ2n) is 18.8. The highest BCUT2D eigenvalue weighted by Gasteiger charge is 2.22. The number of quaternary nitrogens is 1. The molecule has 0 aliphatic heterocycles. The lowest BCUT2D eigenvalue weighted by Gasteiger charge is -2.28. The highest BCUT2D eigenvalue weighted by atomic mass is 31.2. The third kappa shape index (κ3) is 45.4. The van der Waals surface area contributed by atoms with Gasteiger partial charge in [-0.15, -0.1) is 0 Å². The quantitative estimate of drug-likeness (QED) is 0.0174. The SMILES string of the molecule is CCCCCCCCCCCCCCCCCCCCCCCC(=O)O[C@H](COC(=O)CCC[C@@H](O)[C@H](O)/C=C/C=C/C=C\C=C\[C@H](O)CCCCC)COP(=O)([O-])OCC[N+](C)(C)C. The fourth-order valence-corrected chi connectivity index (χ4v) is 7.77. The highest BCUT2D eigenvalue weighted by molar-refractivity contribution is 7.45. The second-order valence-corrected chi connectivity index (χ2v) is 20.2. The van der Waals surface area contributed by atoms with E-state index in [0.717, 1.165) is 44.9 Å². The Morgan fingerprint density at radius 1 is 0.554 bits per heavy atom. The van der Waals surface area contributed by atoms with Crippen molar-refractivity contribution < 1.29 is 57.4 Å². The standard InChI is InChI=1S/C52H96NO11P/c1-6-8-10-11-12-13-14-15-16-17-18-19-20-21-22-23-24-25-26-31-35-41-52(58)64-48(46-63-65(59,60)62-44-43-53(3,4)5)45-61-51(57)42-36-40-50(56)49(55)39-34-30-28-27-29-33-38-47(54)37-32-9-7-2/h27-30,33-34,38-39,47-50,54-56H,6-26,31-32,35-37,40-46H2,1-5H3/b29-27-,30-28+,38-33+,39-34+/t47-,48-,49-,50-/m1/s1. The molecule has 0 aromatic carbocycles. The molecule has 0 bridgehead atoms. The number of phosphoric acid groups is 1. The van der Waals surface area contributed by atoms with Gasteiger partial charge in [0.05, 0.1) is 46.1 Å². The number of hydrogen-bond acceptors (Lipinski definition) is 11. The molecule has 0 aromatic heterocycles. The number of rotatable bonds is 46. The van der Waals surface area contributed by atoms with E-state index in [1.54, 1.807) is 42.5 Å². The van der Waals surface area contributed by atoms with Crippen LogP contribution in [0.2, 0.25) is 0 Å². The van der Waals surface area contributed by atoms with E-state index in [4.69, 9.17) is 18.5 Å². The van der Waals surface area contributed by atoms with E-state index in [0.29, 0.717) is 17.4 Å². The first-order valence-corrected chi connectivity index (χ1v) is 27.1. The Kier molecular flexibility index (Phi) is 41.7. The molecule has 0 heterocycles. The zero-order chi connectivity index (χ0) is 48.3. The number of unbranched alkanes of at least 4 members (excludes halogenated alkanes) is 22. The molecule has 0 aromatic rings. The summed E-state index contributed by atoms with van der Waals surface area (Å²) in [6.07, 6.45) is 40.8. The summed E-state index contributed by atoms with van der Waals surface area (Å²) in [7, 11) is 0.980. The van der Waals surface area contributed by atoms with Gasteiger partial charge in [-0.3, -0.25) is 14.2 Å². The van der Waals surface area contributed by atoms with Crippen molar-refractivity contribution in [2.75, 3.05) is 47.5 Å². The van der Waals surface area contributed by atoms with Crippen LogP contribution in [0.3, 0.4) is 0 Å². The van der Waals surface area contributed by atoms with Gasteiger partial charge in [0.1, 0.15) is 19.8 Å². The molecule has 1 unspecified atom stereocenters. The van der Waals surface area contributed by atoms with Crippen molar-refractivity contribution >= 4 is 19.8 Å². The van der Waals surface area contributed by atoms with Gasteiger partial charge in [-0.05, 0) is 25.7 Å². The van der Waals surface area contributed by atoms with Gasteiger partial charge in [0.2, 0.25) is 0 Å². The van der Waals surface area contributed by atoms with Crippen LogP contribution in [0.25, 0.3) is 0 Å². The number of phosphoric ester groups is 1. The van der Waals surface area contributed by atoms with Gasteiger partial charge < -0.3 is 43.2 Å². The van der Waals surface area contributed by atoms with Crippen LogP contribution >= 0.6 is 7.82 Å². The first kappa shape index (κ1) is 62.8. The van der Waals surface area contributed by atoms with E-state index in [-0.39, 0.29) is 32.3 Å². The number of hydrogen-bond donors (Lipinski definition) is 3. The summed E-state index contributed by atoms with van der Waals surface area (Å²) in [5.74, 6) is -1.16. The van der Waals surface area contributed by atoms with Crippen molar-refractivity contribution in [1.82, 2.24) is 0 Å². The number of ether oxygens (including phenoxy) is 2. The minimum atomic E-state index is -4.71. The summed E-state index contributed by atoms with van der Waals surface area (Å²) in [5.41, 5.74) is 0. The van der Waals surface area contributed by atoms with Crippen molar-refractivity contribution in [3.63, 3.8) is 0 Å². The van der Waals surface area contributed by atoms with Crippen molar-refractivity contribution in [3.8, 4) is 0 Å². The Hall–Kier alpha value is -2.15. The van der Waals surface area contributed by atoms with Crippen molar-refractivity contribution in [1.29, 1.82) is 0 Å². The summed E-state index contributed by atoms with van der Waals surface area (Å²) < 4.78 is 33.8. The molecular weight excluding hydrogens is 846 g/mol. The molecule has 0 amide bonds. The number of nitrogens with zero attached hydrogens (tertiary/aromatic N) is 1. The van der Waals surface area contributed by atoms with Crippen LogP contribution < -0.4 is 4.89 Å². The molecule has 380 valence electrons. The van der Waals surface area contributed by atoms with Crippen LogP contribution in [0.15, 0.2) is 48.6 Å². The Bertz CT molecular complexity index is 1300. The first-order valence-electron chi connectivity index (χ1n) is 25.7. The molecule has 0 aliphatic carbocycles. The van der Waals surface area contributed by atoms with Gasteiger partial charge >= 0.3 is 11.9 Å². The summed E-state index contributed by atoms with van der Waals surface area (Å²) in [6, 6.07) is 0. The lowest BCUT2D eigenvalue weighted by Crippen LogP contribution is -2.37. The van der Waals surface area contributed by atoms with E-state index < -0.39 is 57.4 Å². The first-order chi connectivity index (χ1) is 31.2. The Balaban J connectivity index is 4.51. The summed E-state index contributed by atoms with van der Waals surface area (Å²) in [6.45, 7) is 3.76. The third-order valence-electron chi connectivity index (χ3n) is 11.2. The maximum absolute atomic E-state index is 12.8. The number of aliphatic hydroxyl groups excluding tert-OH is 3. The van der Waals surface area contributed by atoms with Crippen molar-refractivity contribution in [2.45, 2.75) is 224 Å². The van der Waals surface area contributed by atoms with Crippen LogP contribution in [0, 0.1) is 0 Å². The predicted octanol–water partition coefficient (Wildman–Crippen LogP) is 11.3. The van der Waals surface area contributed by atoms with Gasteiger partial charge in [-0.1, -0.05) is 210 Å². The molecule has 0 fully saturated rings. The van der Waals surface area contributed by atoms with Crippen molar-refractivity contribution in [2.24, 2.45) is 0 Å². The maximum Gasteiger partial charge on any atom is 0.306 e. The highest BCUT2D eigenvalue weighted by Crippen LogP contribution is 2.38. The monoisotopic (exact) mass is 942 g/mol. The minimum Gasteiger partial charge on any atom is -0.756 e. The Morgan fingerprint density at radius 3 is 1.51 bits per heavy atom. The molecule has 0 spiro atoms. The number of carbonyl (C=O) groups is 2. The predicted molar refractivity (Wildman–Crippen MR) is 263 cm³/mol. The number of aliphatic hydroxyl groups is 3. The van der Waals surface area contributed by atoms with E-state index in [1.807, 2.05) is 21.1 Å². The molecule has 0 radical (unpaired) electrons. The Labute approximate surface area is 396 Å². The molecular formula is C52H96NO11P. The van der Waals surface area contributed by atoms with Gasteiger partial charge in [-0.2, -0.15) is 0 Å². The van der Waals surface area contributed by atoms with Gasteiger partial charge in [0.25, 0.3) is 7.82 Å². The fourth-order valence-electron chi connectivity index (χ4n) is 7.04. The van der Waals surface area contributed by atoms with Crippen LogP contribution in [0.1, 0.15) is 200 Å². The Morgan fingerprint density at radius 2 is 1.00 bits per heavy atom. The fraction of sp³-hybridized carbons (Fsp3) is 0.808. The topological polar surface area (TPSA) is 172 Å². The second kappa shape index (κ2) is 43.2. The van der Waals surface area contributed by atoms with Gasteiger partial charge in [-0.25, -0.2) is 0 Å². The minimum absolute atomic E-state index is 0.0752. The smallest absolute Gasteiger partial charge is 0.306 e. The summed E-state index contributed by atoms with van der Waals surface area (Å²) in [5, 5.41) is 30.6. The molecule has 0 saturated heterocycles. The van der Waals surface area contributed by atoms with E-state index in [1.165, 1.54) is 115 Å². The number of likely N-dealkylation sites (N-methyl/N-ethyl adjacent to an activating group) is 1. The molecule has 0 saturated carbocycles. The van der Waals surface area contributed by atoms with Crippen LogP contribution in [0.4, 0.5) is 0 Å². The third-order valence-corrected chi connectivity index (χ3v) is 12.2. The molecule has 0 rings (SSSR count). The van der Waals surface area contributed by atoms with E-state index in [9.17, 15) is 34.4 Å². The van der Waals surface area contributed by atoms with Crippen molar-refractivity contribution in [3.05, 3.63) is 48.6 Å². The van der Waals surface area contributed by atoms with Gasteiger partial charge in [0, 0.05) is 12.8 Å². The zero-order valence-corrected chi connectivity index (χ0v) is 42.7. The molecule has 12 nitrogen and oxygen atoms in total. The van der Waals surface area contributed by atoms with Crippen LogP contribution in [-0.2, 0) is 32.7 Å². The molecule has 3 N–H and O–H groups in total. The average Bonchev–Trinajstić information content (AvgIpc) is 3.25. The number of carbonyl (C=O) groups excluding carboxylic acids is 2. The van der Waals surface area contributed by atoms with Crippen LogP contribution in [-0.4, -0.2) is 104 Å². The molecule has 5 atom stereocenters. The molecule has 13 heteroatoms. The van der Waals surface area contributed by atoms with Crippen LogP contribution in [0.5, 0.6) is 0 Å². The van der Waals surface area contributed by atoms with E-state index in [2.05, 4.69) is 13.8 Å².